The Hall–Kier alpha value is -1.06. The molecule has 4 nitrogen and oxygen atoms in total. The van der Waals surface area contributed by atoms with Crippen molar-refractivity contribution in [3.05, 3.63) is 0 Å². The average molecular weight is 172 g/mol. The van der Waals surface area contributed by atoms with E-state index in [1.807, 2.05) is 13.8 Å². The normalized spacial score (nSPS) is 26.6. The summed E-state index contributed by atoms with van der Waals surface area (Å²) < 4.78 is 9.59. The molecule has 12 heavy (non-hydrogen) atoms. The van der Waals surface area contributed by atoms with E-state index >= 15 is 0 Å². The van der Waals surface area contributed by atoms with Gasteiger partial charge in [0.15, 0.2) is 0 Å². The molecule has 0 aromatic carbocycles. The van der Waals surface area contributed by atoms with Crippen molar-refractivity contribution in [2.45, 2.75) is 26.9 Å². The van der Waals surface area contributed by atoms with Gasteiger partial charge in [0.2, 0.25) is 6.10 Å². The smallest absolute Gasteiger partial charge is 0.348 e. The summed E-state index contributed by atoms with van der Waals surface area (Å²) in [6.07, 6.45) is -0.741. The molecule has 0 radical (unpaired) electrons. The first kappa shape index (κ1) is 9.03. The molecule has 4 heteroatoms. The molecule has 1 saturated heterocycles. The summed E-state index contributed by atoms with van der Waals surface area (Å²) in [5.74, 6) is -0.901. The van der Waals surface area contributed by atoms with Gasteiger partial charge in [-0.1, -0.05) is 13.8 Å². The number of carbonyl (C=O) groups excluding carboxylic acids is 2. The largest absolute Gasteiger partial charge is 0.462 e. The molecule has 1 fully saturated rings. The van der Waals surface area contributed by atoms with Gasteiger partial charge in [0, 0.05) is 12.3 Å². The van der Waals surface area contributed by atoms with Gasteiger partial charge < -0.3 is 9.47 Å². The van der Waals surface area contributed by atoms with Gasteiger partial charge in [-0.25, -0.2) is 4.79 Å². The fourth-order valence-corrected chi connectivity index (χ4v) is 1.10. The molecule has 1 aliphatic rings. The van der Waals surface area contributed by atoms with Crippen molar-refractivity contribution in [1.82, 2.24) is 0 Å². The Morgan fingerprint density at radius 1 is 1.67 bits per heavy atom. The Kier molecular flexibility index (Phi) is 2.08. The minimum atomic E-state index is -0.741. The van der Waals surface area contributed by atoms with Gasteiger partial charge in [-0.15, -0.1) is 0 Å². The summed E-state index contributed by atoms with van der Waals surface area (Å²) in [6, 6.07) is 0. The highest BCUT2D eigenvalue weighted by Gasteiger charge is 2.46. The maximum atomic E-state index is 11.0. The van der Waals surface area contributed by atoms with Gasteiger partial charge in [-0.3, -0.25) is 4.79 Å². The number of hydrogen-bond acceptors (Lipinski definition) is 4. The lowest BCUT2D eigenvalue weighted by Crippen LogP contribution is -2.34. The highest BCUT2D eigenvalue weighted by atomic mass is 16.6. The topological polar surface area (TPSA) is 52.6 Å². The van der Waals surface area contributed by atoms with E-state index in [1.165, 1.54) is 6.92 Å². The SMILES string of the molecule is CC(=O)O[C@@H]1C(=O)OCC1(C)C. The Morgan fingerprint density at radius 3 is 2.58 bits per heavy atom. The molecular formula is C8H12O4. The van der Waals surface area contributed by atoms with Crippen molar-refractivity contribution in [1.29, 1.82) is 0 Å². The average Bonchev–Trinajstić information content (AvgIpc) is 2.15. The number of rotatable bonds is 1. The fraction of sp³-hybridized carbons (Fsp3) is 0.750. The molecule has 1 rings (SSSR count). The van der Waals surface area contributed by atoms with E-state index in [0.29, 0.717) is 6.61 Å². The number of ether oxygens (including phenoxy) is 2. The number of esters is 2. The van der Waals surface area contributed by atoms with E-state index in [2.05, 4.69) is 0 Å². The summed E-state index contributed by atoms with van der Waals surface area (Å²) in [5, 5.41) is 0. The molecule has 0 N–H and O–H groups in total. The maximum absolute atomic E-state index is 11.0. The fourth-order valence-electron chi connectivity index (χ4n) is 1.10. The second-order valence-electron chi connectivity index (χ2n) is 3.59. The van der Waals surface area contributed by atoms with Crippen LogP contribution in [0.25, 0.3) is 0 Å². The Balaban J connectivity index is 2.71. The number of cyclic esters (lactones) is 1. The van der Waals surface area contributed by atoms with Gasteiger partial charge in [-0.2, -0.15) is 0 Å². The van der Waals surface area contributed by atoms with Crippen LogP contribution in [-0.2, 0) is 19.1 Å². The van der Waals surface area contributed by atoms with Crippen LogP contribution < -0.4 is 0 Å². The third-order valence-electron chi connectivity index (χ3n) is 1.79. The number of carbonyl (C=O) groups is 2. The van der Waals surface area contributed by atoms with E-state index < -0.39 is 23.5 Å². The van der Waals surface area contributed by atoms with Crippen LogP contribution in [0.5, 0.6) is 0 Å². The van der Waals surface area contributed by atoms with Crippen molar-refractivity contribution in [3.63, 3.8) is 0 Å². The minimum Gasteiger partial charge on any atom is -0.462 e. The summed E-state index contributed by atoms with van der Waals surface area (Å²) in [5.41, 5.74) is -0.400. The molecular weight excluding hydrogens is 160 g/mol. The minimum absolute atomic E-state index is 0.309. The summed E-state index contributed by atoms with van der Waals surface area (Å²) >= 11 is 0. The summed E-state index contributed by atoms with van der Waals surface area (Å²) in [4.78, 5) is 21.6. The molecule has 0 spiro atoms. The Bertz CT molecular complexity index is 219. The van der Waals surface area contributed by atoms with Gasteiger partial charge in [0.05, 0.1) is 0 Å². The Labute approximate surface area is 70.8 Å². The van der Waals surface area contributed by atoms with Crippen LogP contribution in [0.15, 0.2) is 0 Å². The van der Waals surface area contributed by atoms with Gasteiger partial charge in [-0.05, 0) is 0 Å². The lowest BCUT2D eigenvalue weighted by Gasteiger charge is -2.20. The molecule has 0 aromatic rings. The van der Waals surface area contributed by atoms with E-state index in [0.717, 1.165) is 0 Å². The van der Waals surface area contributed by atoms with Crippen LogP contribution in [0.4, 0.5) is 0 Å². The molecule has 0 aromatic heterocycles. The van der Waals surface area contributed by atoms with Crippen molar-refractivity contribution >= 4 is 11.9 Å². The van der Waals surface area contributed by atoms with Crippen LogP contribution in [0, 0.1) is 5.41 Å². The van der Waals surface area contributed by atoms with Gasteiger partial charge in [0.25, 0.3) is 0 Å². The van der Waals surface area contributed by atoms with Crippen molar-refractivity contribution in [3.8, 4) is 0 Å². The van der Waals surface area contributed by atoms with Crippen LogP contribution in [-0.4, -0.2) is 24.6 Å². The van der Waals surface area contributed by atoms with Crippen molar-refractivity contribution in [2.75, 3.05) is 6.61 Å². The van der Waals surface area contributed by atoms with E-state index in [1.54, 1.807) is 0 Å². The molecule has 0 aliphatic carbocycles. The van der Waals surface area contributed by atoms with E-state index in [4.69, 9.17) is 9.47 Å². The van der Waals surface area contributed by atoms with Crippen LogP contribution >= 0.6 is 0 Å². The number of hydrogen-bond donors (Lipinski definition) is 0. The zero-order chi connectivity index (χ0) is 9.35. The maximum Gasteiger partial charge on any atom is 0.348 e. The third-order valence-corrected chi connectivity index (χ3v) is 1.79. The molecule has 68 valence electrons. The highest BCUT2D eigenvalue weighted by Crippen LogP contribution is 2.30. The second-order valence-corrected chi connectivity index (χ2v) is 3.59. The van der Waals surface area contributed by atoms with E-state index in [-0.39, 0.29) is 0 Å². The molecule has 0 bridgehead atoms. The first-order chi connectivity index (χ1) is 5.43. The predicted molar refractivity (Wildman–Crippen MR) is 40.3 cm³/mol. The van der Waals surface area contributed by atoms with Crippen molar-refractivity contribution in [2.24, 2.45) is 5.41 Å². The lowest BCUT2D eigenvalue weighted by molar-refractivity contribution is -0.161. The first-order valence-electron chi connectivity index (χ1n) is 3.77. The molecule has 1 aliphatic heterocycles. The van der Waals surface area contributed by atoms with Crippen molar-refractivity contribution < 1.29 is 19.1 Å². The second kappa shape index (κ2) is 2.77. The predicted octanol–water partition coefficient (Wildman–Crippen LogP) is 0.501. The van der Waals surface area contributed by atoms with Crippen LogP contribution in [0.2, 0.25) is 0 Å². The van der Waals surface area contributed by atoms with Crippen LogP contribution in [0.3, 0.4) is 0 Å². The molecule has 0 saturated carbocycles. The third kappa shape index (κ3) is 1.57. The lowest BCUT2D eigenvalue weighted by atomic mass is 9.90. The molecule has 0 amide bonds. The summed E-state index contributed by atoms with van der Waals surface area (Å²) in [6.45, 7) is 5.24. The van der Waals surface area contributed by atoms with Gasteiger partial charge >= 0.3 is 11.9 Å². The first-order valence-corrected chi connectivity index (χ1v) is 3.77. The van der Waals surface area contributed by atoms with E-state index in [9.17, 15) is 9.59 Å². The Morgan fingerprint density at radius 2 is 2.25 bits per heavy atom. The monoisotopic (exact) mass is 172 g/mol. The molecule has 1 heterocycles. The standard InChI is InChI=1S/C8H12O4/c1-5(9)12-6-7(10)11-4-8(6,2)3/h6H,4H2,1-3H3/t6-/m1/s1. The molecule has 1 atom stereocenters. The zero-order valence-corrected chi connectivity index (χ0v) is 7.42. The quantitative estimate of drug-likeness (QED) is 0.540. The molecule has 0 unspecified atom stereocenters. The summed E-state index contributed by atoms with van der Waals surface area (Å²) in [7, 11) is 0. The zero-order valence-electron chi connectivity index (χ0n) is 7.42. The van der Waals surface area contributed by atoms with Crippen LogP contribution in [0.1, 0.15) is 20.8 Å². The highest BCUT2D eigenvalue weighted by molar-refractivity contribution is 5.81. The van der Waals surface area contributed by atoms with Gasteiger partial charge in [0.1, 0.15) is 6.61 Å².